The van der Waals surface area contributed by atoms with Crippen molar-refractivity contribution in [3.05, 3.63) is 0 Å². The van der Waals surface area contributed by atoms with Gasteiger partial charge in [0.25, 0.3) is 0 Å². The summed E-state index contributed by atoms with van der Waals surface area (Å²) in [5, 5.41) is 5.48. The van der Waals surface area contributed by atoms with Crippen molar-refractivity contribution in [3.8, 4) is 0 Å². The fourth-order valence-corrected chi connectivity index (χ4v) is 1.10. The number of hydrogen-bond donors (Lipinski definition) is 2. The summed E-state index contributed by atoms with van der Waals surface area (Å²) in [5.41, 5.74) is -1.06. The van der Waals surface area contributed by atoms with E-state index in [9.17, 15) is 9.59 Å². The number of rotatable bonds is 7. The van der Waals surface area contributed by atoms with Crippen LogP contribution in [0.25, 0.3) is 0 Å². The van der Waals surface area contributed by atoms with E-state index >= 15 is 0 Å². The van der Waals surface area contributed by atoms with Crippen LogP contribution < -0.4 is 10.6 Å². The van der Waals surface area contributed by atoms with E-state index in [0.717, 1.165) is 6.42 Å². The molecule has 100 valence electrons. The van der Waals surface area contributed by atoms with E-state index in [1.807, 2.05) is 13.8 Å². The monoisotopic (exact) mass is 244 g/mol. The first-order chi connectivity index (χ1) is 7.86. The lowest BCUT2D eigenvalue weighted by atomic mass is 9.90. The largest absolute Gasteiger partial charge is 0.383 e. The molecular weight excluding hydrogens is 220 g/mol. The Balaban J connectivity index is 4.33. The van der Waals surface area contributed by atoms with Crippen LogP contribution in [0.5, 0.6) is 0 Å². The van der Waals surface area contributed by atoms with Gasteiger partial charge in [-0.25, -0.2) is 0 Å². The lowest BCUT2D eigenvalue weighted by Crippen LogP contribution is -2.50. The number of hydrogen-bond acceptors (Lipinski definition) is 3. The zero-order valence-corrected chi connectivity index (χ0v) is 11.4. The van der Waals surface area contributed by atoms with Gasteiger partial charge in [0.2, 0.25) is 11.8 Å². The maximum Gasteiger partial charge on any atom is 0.235 e. The van der Waals surface area contributed by atoms with Crippen molar-refractivity contribution < 1.29 is 14.3 Å². The topological polar surface area (TPSA) is 67.4 Å². The Hall–Kier alpha value is -1.10. The first-order valence-corrected chi connectivity index (χ1v) is 5.94. The second-order valence-corrected chi connectivity index (χ2v) is 4.66. The number of amides is 2. The van der Waals surface area contributed by atoms with Gasteiger partial charge in [0.15, 0.2) is 0 Å². The van der Waals surface area contributed by atoms with Gasteiger partial charge < -0.3 is 15.4 Å². The van der Waals surface area contributed by atoms with Crippen LogP contribution in [-0.2, 0) is 14.3 Å². The van der Waals surface area contributed by atoms with Crippen molar-refractivity contribution in [1.29, 1.82) is 0 Å². The summed E-state index contributed by atoms with van der Waals surface area (Å²) in [5.74, 6) is -0.530. The second-order valence-electron chi connectivity index (χ2n) is 4.66. The molecule has 0 aliphatic carbocycles. The quantitative estimate of drug-likeness (QED) is 0.511. The molecule has 2 amide bonds. The minimum absolute atomic E-state index is 0.0774. The van der Waals surface area contributed by atoms with Crippen molar-refractivity contribution in [2.45, 2.75) is 40.2 Å². The lowest BCUT2D eigenvalue weighted by Gasteiger charge is -2.24. The molecule has 0 aliphatic heterocycles. The molecule has 5 heteroatoms. The summed E-state index contributed by atoms with van der Waals surface area (Å²) in [7, 11) is 1.56. The van der Waals surface area contributed by atoms with Crippen molar-refractivity contribution in [3.63, 3.8) is 0 Å². The summed E-state index contributed by atoms with van der Waals surface area (Å²) in [4.78, 5) is 23.7. The minimum atomic E-state index is -1.06. The van der Waals surface area contributed by atoms with Crippen LogP contribution in [0.4, 0.5) is 0 Å². The highest BCUT2D eigenvalue weighted by Gasteiger charge is 2.36. The van der Waals surface area contributed by atoms with Gasteiger partial charge in [-0.1, -0.05) is 6.92 Å². The minimum Gasteiger partial charge on any atom is -0.383 e. The first kappa shape index (κ1) is 15.9. The number of carbonyl (C=O) groups excluding carboxylic acids is 2. The first-order valence-electron chi connectivity index (χ1n) is 5.94. The summed E-state index contributed by atoms with van der Waals surface area (Å²) >= 11 is 0. The number of methoxy groups -OCH3 is 1. The summed E-state index contributed by atoms with van der Waals surface area (Å²) < 4.78 is 4.83. The van der Waals surface area contributed by atoms with Gasteiger partial charge >= 0.3 is 0 Å². The predicted molar refractivity (Wildman–Crippen MR) is 66.6 cm³/mol. The van der Waals surface area contributed by atoms with E-state index in [-0.39, 0.29) is 17.9 Å². The van der Waals surface area contributed by atoms with Crippen LogP contribution in [0.2, 0.25) is 0 Å². The van der Waals surface area contributed by atoms with Gasteiger partial charge in [-0.3, -0.25) is 9.59 Å². The highest BCUT2D eigenvalue weighted by molar-refractivity contribution is 6.04. The molecule has 0 spiro atoms. The number of carbonyl (C=O) groups is 2. The van der Waals surface area contributed by atoms with Crippen molar-refractivity contribution >= 4 is 11.8 Å². The van der Waals surface area contributed by atoms with Gasteiger partial charge in [0.05, 0.1) is 6.61 Å². The summed E-state index contributed by atoms with van der Waals surface area (Å²) in [6.07, 6.45) is 0.840. The highest BCUT2D eigenvalue weighted by atomic mass is 16.5. The molecule has 0 rings (SSSR count). The second kappa shape index (κ2) is 7.27. The molecule has 0 bridgehead atoms. The van der Waals surface area contributed by atoms with Crippen molar-refractivity contribution in [1.82, 2.24) is 10.6 Å². The summed E-state index contributed by atoms with van der Waals surface area (Å²) in [6, 6.07) is 0.0774. The molecule has 2 N–H and O–H groups in total. The molecule has 0 aliphatic rings. The van der Waals surface area contributed by atoms with E-state index in [2.05, 4.69) is 10.6 Å². The maximum absolute atomic E-state index is 11.9. The molecule has 1 atom stereocenters. The smallest absolute Gasteiger partial charge is 0.235 e. The van der Waals surface area contributed by atoms with Crippen LogP contribution >= 0.6 is 0 Å². The third-order valence-corrected chi connectivity index (χ3v) is 2.72. The fraction of sp³-hybridized carbons (Fsp3) is 0.833. The molecule has 0 radical (unpaired) electrons. The normalized spacial score (nSPS) is 13.0. The molecule has 0 aromatic heterocycles. The van der Waals surface area contributed by atoms with Crippen LogP contribution in [-0.4, -0.2) is 38.1 Å². The van der Waals surface area contributed by atoms with Crippen molar-refractivity contribution in [2.75, 3.05) is 20.3 Å². The van der Waals surface area contributed by atoms with E-state index < -0.39 is 5.41 Å². The van der Waals surface area contributed by atoms with E-state index in [0.29, 0.717) is 13.2 Å². The molecule has 1 unspecified atom stereocenters. The average molecular weight is 244 g/mol. The van der Waals surface area contributed by atoms with Gasteiger partial charge in [0, 0.05) is 19.7 Å². The van der Waals surface area contributed by atoms with Gasteiger partial charge in [-0.05, 0) is 27.2 Å². The fourth-order valence-electron chi connectivity index (χ4n) is 1.10. The van der Waals surface area contributed by atoms with E-state index in [1.54, 1.807) is 21.0 Å². The van der Waals surface area contributed by atoms with Crippen LogP contribution in [0, 0.1) is 5.41 Å². The maximum atomic E-state index is 11.9. The number of ether oxygens (including phenoxy) is 1. The van der Waals surface area contributed by atoms with Crippen LogP contribution in [0.15, 0.2) is 0 Å². The van der Waals surface area contributed by atoms with E-state index in [4.69, 9.17) is 4.74 Å². The molecule has 0 saturated heterocycles. The molecule has 5 nitrogen and oxygen atoms in total. The summed E-state index contributed by atoms with van der Waals surface area (Å²) in [6.45, 7) is 7.98. The van der Waals surface area contributed by atoms with Crippen molar-refractivity contribution in [2.24, 2.45) is 5.41 Å². The Kier molecular flexibility index (Phi) is 6.80. The molecule has 0 aromatic carbocycles. The highest BCUT2D eigenvalue weighted by Crippen LogP contribution is 2.15. The standard InChI is InChI=1S/C12H24N2O3/c1-6-9(2)14-11(16)12(3,4)10(15)13-7-8-17-5/h9H,6-8H2,1-5H3,(H,13,15)(H,14,16). The van der Waals surface area contributed by atoms with Gasteiger partial charge in [-0.15, -0.1) is 0 Å². The zero-order chi connectivity index (χ0) is 13.5. The predicted octanol–water partition coefficient (Wildman–Crippen LogP) is 0.690. The average Bonchev–Trinajstić information content (AvgIpc) is 2.28. The third kappa shape index (κ3) is 5.17. The SMILES string of the molecule is CCC(C)NC(=O)C(C)(C)C(=O)NCCOC. The molecular formula is C12H24N2O3. The van der Waals surface area contributed by atoms with E-state index in [1.165, 1.54) is 0 Å². The Bertz CT molecular complexity index is 264. The molecule has 17 heavy (non-hydrogen) atoms. The molecule has 0 heterocycles. The lowest BCUT2D eigenvalue weighted by molar-refractivity contribution is -0.141. The molecule has 0 saturated carbocycles. The zero-order valence-electron chi connectivity index (χ0n) is 11.4. The molecule has 0 aromatic rings. The number of nitrogens with one attached hydrogen (secondary N) is 2. The Morgan fingerprint density at radius 1 is 1.29 bits per heavy atom. The Labute approximate surface area is 103 Å². The molecule has 0 fully saturated rings. The van der Waals surface area contributed by atoms with Gasteiger partial charge in [0.1, 0.15) is 5.41 Å². The van der Waals surface area contributed by atoms with Gasteiger partial charge in [-0.2, -0.15) is 0 Å². The third-order valence-electron chi connectivity index (χ3n) is 2.72. The Morgan fingerprint density at radius 2 is 1.88 bits per heavy atom. The van der Waals surface area contributed by atoms with Crippen LogP contribution in [0.3, 0.4) is 0 Å². The Morgan fingerprint density at radius 3 is 2.35 bits per heavy atom. The van der Waals surface area contributed by atoms with Crippen LogP contribution in [0.1, 0.15) is 34.1 Å².